The van der Waals surface area contributed by atoms with Crippen LogP contribution in [-0.4, -0.2) is 30.6 Å². The van der Waals surface area contributed by atoms with Crippen molar-refractivity contribution in [2.45, 2.75) is 19.5 Å². The van der Waals surface area contributed by atoms with Gasteiger partial charge < -0.3 is 10.5 Å². The molecule has 3 nitrogen and oxygen atoms in total. The molecular formula is C12H18N2O. The van der Waals surface area contributed by atoms with E-state index >= 15 is 0 Å². The van der Waals surface area contributed by atoms with Gasteiger partial charge in [0.1, 0.15) is 5.75 Å². The van der Waals surface area contributed by atoms with Crippen molar-refractivity contribution in [2.24, 2.45) is 5.73 Å². The fourth-order valence-electron chi connectivity index (χ4n) is 1.90. The zero-order valence-electron chi connectivity index (χ0n) is 9.15. The van der Waals surface area contributed by atoms with Gasteiger partial charge in [-0.2, -0.15) is 0 Å². The fraction of sp³-hybridized carbons (Fsp3) is 0.500. The summed E-state index contributed by atoms with van der Waals surface area (Å²) in [5, 5.41) is 0. The lowest BCUT2D eigenvalue weighted by Crippen LogP contribution is -2.54. The Morgan fingerprint density at radius 3 is 2.93 bits per heavy atom. The number of rotatable bonds is 4. The zero-order valence-corrected chi connectivity index (χ0v) is 9.15. The lowest BCUT2D eigenvalue weighted by molar-refractivity contribution is 0.142. The highest BCUT2D eigenvalue weighted by Gasteiger charge is 2.22. The van der Waals surface area contributed by atoms with Crippen molar-refractivity contribution in [3.8, 4) is 5.75 Å². The summed E-state index contributed by atoms with van der Waals surface area (Å²) in [4.78, 5) is 2.34. The molecule has 2 N–H and O–H groups in total. The number of nitrogens with two attached hydrogens (primary N) is 1. The van der Waals surface area contributed by atoms with Crippen LogP contribution in [0.4, 0.5) is 0 Å². The minimum atomic E-state index is 0.375. The van der Waals surface area contributed by atoms with Crippen molar-refractivity contribution in [1.82, 2.24) is 4.90 Å². The van der Waals surface area contributed by atoms with Crippen LogP contribution in [-0.2, 0) is 6.54 Å². The monoisotopic (exact) mass is 206 g/mol. The summed E-state index contributed by atoms with van der Waals surface area (Å²) in [6.45, 7) is 5.73. The van der Waals surface area contributed by atoms with Gasteiger partial charge in [-0.15, -0.1) is 0 Å². The topological polar surface area (TPSA) is 38.5 Å². The molecular weight excluding hydrogens is 188 g/mol. The summed E-state index contributed by atoms with van der Waals surface area (Å²) < 4.78 is 5.46. The Hall–Kier alpha value is -1.06. The second-order valence-corrected chi connectivity index (χ2v) is 4.03. The Kier molecular flexibility index (Phi) is 3.23. The maximum atomic E-state index is 5.73. The molecule has 1 aliphatic rings. The van der Waals surface area contributed by atoms with Gasteiger partial charge in [0.15, 0.2) is 0 Å². The predicted molar refractivity (Wildman–Crippen MR) is 60.9 cm³/mol. The smallest absolute Gasteiger partial charge is 0.119 e. The molecule has 1 aromatic carbocycles. The molecule has 1 fully saturated rings. The Morgan fingerprint density at radius 1 is 1.47 bits per heavy atom. The van der Waals surface area contributed by atoms with Crippen molar-refractivity contribution in [3.63, 3.8) is 0 Å². The standard InChI is InChI=1S/C12H18N2O/c1-2-15-12-5-3-4-10(6-12)7-14-8-11(13)9-14/h3-6,11H,2,7-9,13H2,1H3. The van der Waals surface area contributed by atoms with Crippen LogP contribution in [0.15, 0.2) is 24.3 Å². The minimum Gasteiger partial charge on any atom is -0.494 e. The molecule has 0 amide bonds. The molecule has 0 atom stereocenters. The number of nitrogens with zero attached hydrogens (tertiary/aromatic N) is 1. The summed E-state index contributed by atoms with van der Waals surface area (Å²) in [6, 6.07) is 8.65. The second kappa shape index (κ2) is 4.64. The van der Waals surface area contributed by atoms with Crippen molar-refractivity contribution in [2.75, 3.05) is 19.7 Å². The molecule has 0 radical (unpaired) electrons. The molecule has 0 aliphatic carbocycles. The fourth-order valence-corrected chi connectivity index (χ4v) is 1.90. The molecule has 0 unspecified atom stereocenters. The van der Waals surface area contributed by atoms with E-state index in [4.69, 9.17) is 10.5 Å². The highest BCUT2D eigenvalue weighted by atomic mass is 16.5. The lowest BCUT2D eigenvalue weighted by atomic mass is 10.1. The Labute approximate surface area is 90.8 Å². The third-order valence-electron chi connectivity index (χ3n) is 2.60. The van der Waals surface area contributed by atoms with E-state index in [1.807, 2.05) is 19.1 Å². The van der Waals surface area contributed by atoms with E-state index in [1.54, 1.807) is 0 Å². The number of hydrogen-bond acceptors (Lipinski definition) is 3. The third kappa shape index (κ3) is 2.70. The summed E-state index contributed by atoms with van der Waals surface area (Å²) in [7, 11) is 0. The number of benzene rings is 1. The maximum Gasteiger partial charge on any atom is 0.119 e. The maximum absolute atomic E-state index is 5.73. The van der Waals surface area contributed by atoms with E-state index in [9.17, 15) is 0 Å². The van der Waals surface area contributed by atoms with Gasteiger partial charge in [-0.3, -0.25) is 4.90 Å². The van der Waals surface area contributed by atoms with Gasteiger partial charge in [-0.05, 0) is 24.6 Å². The van der Waals surface area contributed by atoms with Gasteiger partial charge in [0.25, 0.3) is 0 Å². The van der Waals surface area contributed by atoms with Crippen molar-refractivity contribution in [3.05, 3.63) is 29.8 Å². The van der Waals surface area contributed by atoms with Crippen molar-refractivity contribution in [1.29, 1.82) is 0 Å². The van der Waals surface area contributed by atoms with E-state index < -0.39 is 0 Å². The Bertz CT molecular complexity index is 321. The molecule has 82 valence electrons. The molecule has 0 aromatic heterocycles. The van der Waals surface area contributed by atoms with E-state index in [-0.39, 0.29) is 0 Å². The normalized spacial score (nSPS) is 17.5. The van der Waals surface area contributed by atoms with Crippen molar-refractivity contribution >= 4 is 0 Å². The third-order valence-corrected chi connectivity index (χ3v) is 2.60. The van der Waals surface area contributed by atoms with Crippen LogP contribution < -0.4 is 10.5 Å². The first kappa shape index (κ1) is 10.5. The average molecular weight is 206 g/mol. The average Bonchev–Trinajstić information content (AvgIpc) is 2.17. The summed E-state index contributed by atoms with van der Waals surface area (Å²) in [6.07, 6.45) is 0. The van der Waals surface area contributed by atoms with E-state index in [0.717, 1.165) is 32.0 Å². The number of ether oxygens (including phenoxy) is 1. The van der Waals surface area contributed by atoms with Crippen LogP contribution in [0.5, 0.6) is 5.75 Å². The van der Waals surface area contributed by atoms with Gasteiger partial charge in [0, 0.05) is 25.7 Å². The zero-order chi connectivity index (χ0) is 10.7. The Balaban J connectivity index is 1.93. The van der Waals surface area contributed by atoms with Crippen LogP contribution in [0.1, 0.15) is 12.5 Å². The molecule has 1 aliphatic heterocycles. The van der Waals surface area contributed by atoms with Crippen LogP contribution in [0.2, 0.25) is 0 Å². The second-order valence-electron chi connectivity index (χ2n) is 4.03. The van der Waals surface area contributed by atoms with E-state index in [2.05, 4.69) is 17.0 Å². The van der Waals surface area contributed by atoms with Crippen LogP contribution in [0.25, 0.3) is 0 Å². The SMILES string of the molecule is CCOc1cccc(CN2CC(N)C2)c1. The lowest BCUT2D eigenvalue weighted by Gasteiger charge is -2.36. The highest BCUT2D eigenvalue weighted by molar-refractivity contribution is 5.28. The first-order chi connectivity index (χ1) is 7.28. The summed E-state index contributed by atoms with van der Waals surface area (Å²) >= 11 is 0. The minimum absolute atomic E-state index is 0.375. The molecule has 2 rings (SSSR count). The van der Waals surface area contributed by atoms with Gasteiger partial charge in [0.05, 0.1) is 6.61 Å². The van der Waals surface area contributed by atoms with E-state index in [0.29, 0.717) is 6.04 Å². The van der Waals surface area contributed by atoms with Crippen LogP contribution in [0.3, 0.4) is 0 Å². The molecule has 15 heavy (non-hydrogen) atoms. The van der Waals surface area contributed by atoms with Gasteiger partial charge in [-0.25, -0.2) is 0 Å². The first-order valence-electron chi connectivity index (χ1n) is 5.47. The molecule has 1 heterocycles. The van der Waals surface area contributed by atoms with E-state index in [1.165, 1.54) is 5.56 Å². The van der Waals surface area contributed by atoms with Crippen molar-refractivity contribution < 1.29 is 4.74 Å². The molecule has 3 heteroatoms. The first-order valence-corrected chi connectivity index (χ1v) is 5.47. The molecule has 0 spiro atoms. The Morgan fingerprint density at radius 2 is 2.27 bits per heavy atom. The molecule has 1 saturated heterocycles. The summed E-state index contributed by atoms with van der Waals surface area (Å²) in [5.41, 5.74) is 7.03. The van der Waals surface area contributed by atoms with Gasteiger partial charge in [0.2, 0.25) is 0 Å². The van der Waals surface area contributed by atoms with Gasteiger partial charge >= 0.3 is 0 Å². The summed E-state index contributed by atoms with van der Waals surface area (Å²) in [5.74, 6) is 0.958. The predicted octanol–water partition coefficient (Wildman–Crippen LogP) is 1.23. The quantitative estimate of drug-likeness (QED) is 0.805. The molecule has 0 bridgehead atoms. The van der Waals surface area contributed by atoms with Crippen LogP contribution in [0, 0.1) is 0 Å². The van der Waals surface area contributed by atoms with Crippen LogP contribution >= 0.6 is 0 Å². The molecule has 1 aromatic rings. The van der Waals surface area contributed by atoms with Gasteiger partial charge in [-0.1, -0.05) is 12.1 Å². The highest BCUT2D eigenvalue weighted by Crippen LogP contribution is 2.17. The number of likely N-dealkylation sites (tertiary alicyclic amines) is 1. The largest absolute Gasteiger partial charge is 0.494 e. The number of hydrogen-bond donors (Lipinski definition) is 1. The molecule has 0 saturated carbocycles.